The zero-order chi connectivity index (χ0) is 17.1. The van der Waals surface area contributed by atoms with E-state index in [1.807, 2.05) is 27.7 Å². The second-order valence-electron chi connectivity index (χ2n) is 7.18. The van der Waals surface area contributed by atoms with Crippen molar-refractivity contribution in [1.29, 1.82) is 0 Å². The number of rotatable bonds is 6. The Balaban J connectivity index is 2.35. The Morgan fingerprint density at radius 1 is 1.09 bits per heavy atom. The highest BCUT2D eigenvalue weighted by atomic mass is 16.2. The van der Waals surface area contributed by atoms with Crippen molar-refractivity contribution in [3.8, 4) is 0 Å². The lowest BCUT2D eigenvalue weighted by molar-refractivity contribution is -0.121. The summed E-state index contributed by atoms with van der Waals surface area (Å²) in [7, 11) is 0. The van der Waals surface area contributed by atoms with Gasteiger partial charge in [0.25, 0.3) is 0 Å². The molecular weight excluding hydrogens is 290 g/mol. The standard InChI is InChI=1S/C17H35N5O/c1-5-18-16(20-14-15(23)21-17(2,3)4)19-10-13-22-11-8-6-7-9-12-22/h5-14H2,1-4H3,(H,21,23)(H2,18,19,20). The van der Waals surface area contributed by atoms with Gasteiger partial charge in [-0.25, -0.2) is 4.99 Å². The van der Waals surface area contributed by atoms with E-state index in [1.54, 1.807) is 0 Å². The fourth-order valence-corrected chi connectivity index (χ4v) is 2.64. The van der Waals surface area contributed by atoms with Gasteiger partial charge in [0.15, 0.2) is 5.96 Å². The topological polar surface area (TPSA) is 68.8 Å². The molecule has 3 N–H and O–H groups in total. The van der Waals surface area contributed by atoms with Crippen LogP contribution in [0.5, 0.6) is 0 Å². The first-order chi connectivity index (χ1) is 10.9. The minimum Gasteiger partial charge on any atom is -0.357 e. The Hall–Kier alpha value is -1.30. The first-order valence-electron chi connectivity index (χ1n) is 8.96. The molecular formula is C17H35N5O. The summed E-state index contributed by atoms with van der Waals surface area (Å²) in [5, 5.41) is 9.44. The molecule has 0 spiro atoms. The molecule has 1 heterocycles. The number of hydrogen-bond donors (Lipinski definition) is 3. The Bertz CT molecular complexity index is 368. The molecule has 1 rings (SSSR count). The lowest BCUT2D eigenvalue weighted by atomic mass is 10.1. The highest BCUT2D eigenvalue weighted by Crippen LogP contribution is 2.08. The summed E-state index contributed by atoms with van der Waals surface area (Å²) in [6.07, 6.45) is 5.33. The average Bonchev–Trinajstić information content (AvgIpc) is 2.71. The molecule has 0 radical (unpaired) electrons. The van der Waals surface area contributed by atoms with E-state index in [1.165, 1.54) is 38.8 Å². The molecule has 1 fully saturated rings. The average molecular weight is 326 g/mol. The van der Waals surface area contributed by atoms with Gasteiger partial charge in [0, 0.05) is 25.2 Å². The van der Waals surface area contributed by atoms with Crippen LogP contribution in [0.4, 0.5) is 0 Å². The Kier molecular flexibility index (Phi) is 8.99. The molecule has 1 aliphatic heterocycles. The summed E-state index contributed by atoms with van der Waals surface area (Å²) in [6.45, 7) is 13.2. The van der Waals surface area contributed by atoms with Gasteiger partial charge in [-0.05, 0) is 53.6 Å². The normalized spacial score (nSPS) is 17.5. The highest BCUT2D eigenvalue weighted by Gasteiger charge is 2.13. The second-order valence-corrected chi connectivity index (χ2v) is 7.18. The van der Waals surface area contributed by atoms with Crippen LogP contribution in [0.2, 0.25) is 0 Å². The van der Waals surface area contributed by atoms with Crippen LogP contribution >= 0.6 is 0 Å². The maximum Gasteiger partial charge on any atom is 0.242 e. The molecule has 0 unspecified atom stereocenters. The SMILES string of the molecule is CCNC(=NCC(=O)NC(C)(C)C)NCCN1CCCCCC1. The quantitative estimate of drug-likeness (QED) is 0.509. The van der Waals surface area contributed by atoms with Crippen molar-refractivity contribution in [3.63, 3.8) is 0 Å². The second kappa shape index (κ2) is 10.5. The number of carbonyl (C=O) groups is 1. The van der Waals surface area contributed by atoms with E-state index in [2.05, 4.69) is 25.8 Å². The zero-order valence-electron chi connectivity index (χ0n) is 15.4. The molecule has 6 nitrogen and oxygen atoms in total. The van der Waals surface area contributed by atoms with E-state index in [-0.39, 0.29) is 18.0 Å². The number of nitrogens with one attached hydrogen (secondary N) is 3. The van der Waals surface area contributed by atoms with E-state index in [9.17, 15) is 4.79 Å². The van der Waals surface area contributed by atoms with E-state index in [0.717, 1.165) is 19.6 Å². The van der Waals surface area contributed by atoms with Crippen molar-refractivity contribution < 1.29 is 4.79 Å². The molecule has 1 amide bonds. The van der Waals surface area contributed by atoms with Gasteiger partial charge in [-0.3, -0.25) is 4.79 Å². The number of likely N-dealkylation sites (tertiary alicyclic amines) is 1. The predicted octanol–water partition coefficient (Wildman–Crippen LogP) is 1.33. The van der Waals surface area contributed by atoms with Gasteiger partial charge in [-0.2, -0.15) is 0 Å². The van der Waals surface area contributed by atoms with Crippen LogP contribution in [0.3, 0.4) is 0 Å². The summed E-state index contributed by atoms with van der Waals surface area (Å²) < 4.78 is 0. The number of aliphatic imine (C=N–C) groups is 1. The van der Waals surface area contributed by atoms with Gasteiger partial charge in [0.2, 0.25) is 5.91 Å². The molecule has 0 aromatic carbocycles. The number of amides is 1. The third-order valence-electron chi connectivity index (χ3n) is 3.66. The van der Waals surface area contributed by atoms with Gasteiger partial charge in [0.1, 0.15) is 6.54 Å². The summed E-state index contributed by atoms with van der Waals surface area (Å²) in [5.41, 5.74) is -0.217. The first-order valence-corrected chi connectivity index (χ1v) is 8.96. The summed E-state index contributed by atoms with van der Waals surface area (Å²) in [6, 6.07) is 0. The fourth-order valence-electron chi connectivity index (χ4n) is 2.64. The zero-order valence-corrected chi connectivity index (χ0v) is 15.4. The molecule has 23 heavy (non-hydrogen) atoms. The Morgan fingerprint density at radius 3 is 2.30 bits per heavy atom. The molecule has 1 aliphatic rings. The third-order valence-corrected chi connectivity index (χ3v) is 3.66. The van der Waals surface area contributed by atoms with Crippen molar-refractivity contribution in [2.45, 2.75) is 58.9 Å². The number of nitrogens with zero attached hydrogens (tertiary/aromatic N) is 2. The smallest absolute Gasteiger partial charge is 0.242 e. The molecule has 0 aliphatic carbocycles. The van der Waals surface area contributed by atoms with Crippen molar-refractivity contribution in [2.24, 2.45) is 4.99 Å². The minimum absolute atomic E-state index is 0.0535. The largest absolute Gasteiger partial charge is 0.357 e. The lowest BCUT2D eigenvalue weighted by Gasteiger charge is -2.21. The van der Waals surface area contributed by atoms with Gasteiger partial charge < -0.3 is 20.9 Å². The number of hydrogen-bond acceptors (Lipinski definition) is 3. The van der Waals surface area contributed by atoms with Crippen molar-refractivity contribution in [1.82, 2.24) is 20.9 Å². The fraction of sp³-hybridized carbons (Fsp3) is 0.882. The van der Waals surface area contributed by atoms with Crippen LogP contribution in [-0.4, -0.2) is 61.6 Å². The van der Waals surface area contributed by atoms with Crippen LogP contribution in [-0.2, 0) is 4.79 Å². The van der Waals surface area contributed by atoms with Gasteiger partial charge in [0.05, 0.1) is 0 Å². The Labute approximate surface area is 141 Å². The van der Waals surface area contributed by atoms with Crippen molar-refractivity contribution in [2.75, 3.05) is 39.3 Å². The van der Waals surface area contributed by atoms with E-state index < -0.39 is 0 Å². The van der Waals surface area contributed by atoms with Crippen LogP contribution in [0.25, 0.3) is 0 Å². The third kappa shape index (κ3) is 10.2. The van der Waals surface area contributed by atoms with Crippen LogP contribution in [0.15, 0.2) is 4.99 Å². The highest BCUT2D eigenvalue weighted by molar-refractivity contribution is 5.85. The maximum absolute atomic E-state index is 11.8. The maximum atomic E-state index is 11.8. The van der Waals surface area contributed by atoms with Gasteiger partial charge in [-0.15, -0.1) is 0 Å². The molecule has 0 aromatic heterocycles. The number of carbonyl (C=O) groups excluding carboxylic acids is 1. The first kappa shape index (κ1) is 19.7. The number of guanidine groups is 1. The molecule has 0 aromatic rings. The molecule has 0 saturated carbocycles. The van der Waals surface area contributed by atoms with Crippen LogP contribution in [0.1, 0.15) is 53.4 Å². The predicted molar refractivity (Wildman–Crippen MR) is 96.8 cm³/mol. The van der Waals surface area contributed by atoms with Gasteiger partial charge in [-0.1, -0.05) is 12.8 Å². The minimum atomic E-state index is -0.217. The molecule has 134 valence electrons. The van der Waals surface area contributed by atoms with E-state index in [4.69, 9.17) is 0 Å². The van der Waals surface area contributed by atoms with Crippen molar-refractivity contribution in [3.05, 3.63) is 0 Å². The molecule has 1 saturated heterocycles. The summed E-state index contributed by atoms with van der Waals surface area (Å²) >= 11 is 0. The van der Waals surface area contributed by atoms with Crippen molar-refractivity contribution >= 4 is 11.9 Å². The molecule has 0 atom stereocenters. The lowest BCUT2D eigenvalue weighted by Crippen LogP contribution is -2.44. The Morgan fingerprint density at radius 2 is 1.74 bits per heavy atom. The van der Waals surface area contributed by atoms with Gasteiger partial charge >= 0.3 is 0 Å². The monoisotopic (exact) mass is 325 g/mol. The summed E-state index contributed by atoms with van der Waals surface area (Å²) in [5.74, 6) is 0.661. The molecule has 0 bridgehead atoms. The van der Waals surface area contributed by atoms with E-state index in [0.29, 0.717) is 5.96 Å². The summed E-state index contributed by atoms with van der Waals surface area (Å²) in [4.78, 5) is 18.7. The van der Waals surface area contributed by atoms with E-state index >= 15 is 0 Å². The van der Waals surface area contributed by atoms with Crippen LogP contribution < -0.4 is 16.0 Å². The molecule has 6 heteroatoms. The van der Waals surface area contributed by atoms with Crippen LogP contribution in [0, 0.1) is 0 Å².